The van der Waals surface area contributed by atoms with E-state index in [0.29, 0.717) is 18.7 Å². The number of fused-ring (bicyclic) bond motifs is 1. The van der Waals surface area contributed by atoms with Crippen LogP contribution in [0.25, 0.3) is 11.0 Å². The molecule has 3 rings (SSSR count). The topological polar surface area (TPSA) is 82.8 Å². The molecule has 6 heteroatoms. The number of carboxylic acids is 1. The number of carboxylic acid groups (broad SMARTS) is 1. The molecule has 2 N–H and O–H groups in total. The quantitative estimate of drug-likeness (QED) is 0.912. The fraction of sp³-hybridized carbons (Fsp3) is 0.412. The van der Waals surface area contributed by atoms with Gasteiger partial charge in [0.1, 0.15) is 11.3 Å². The summed E-state index contributed by atoms with van der Waals surface area (Å²) in [5.74, 6) is -0.183. The van der Waals surface area contributed by atoms with Crippen molar-refractivity contribution in [2.45, 2.75) is 26.3 Å². The molecule has 1 aromatic heterocycles. The molecule has 0 radical (unpaired) electrons. The summed E-state index contributed by atoms with van der Waals surface area (Å²) in [6.45, 7) is 4.19. The highest BCUT2D eigenvalue weighted by atomic mass is 16.4. The van der Waals surface area contributed by atoms with Crippen molar-refractivity contribution in [1.82, 2.24) is 10.2 Å². The molecule has 122 valence electrons. The zero-order valence-corrected chi connectivity index (χ0v) is 13.2. The van der Waals surface area contributed by atoms with Gasteiger partial charge in [-0.25, -0.2) is 4.79 Å². The number of likely N-dealkylation sites (tertiary alicyclic amines) is 1. The van der Waals surface area contributed by atoms with Gasteiger partial charge in [0, 0.05) is 18.5 Å². The van der Waals surface area contributed by atoms with Crippen LogP contribution in [0.15, 0.2) is 34.7 Å². The van der Waals surface area contributed by atoms with Gasteiger partial charge in [-0.2, -0.15) is 0 Å². The van der Waals surface area contributed by atoms with Crippen molar-refractivity contribution in [3.8, 4) is 0 Å². The van der Waals surface area contributed by atoms with Gasteiger partial charge in [0.25, 0.3) is 0 Å². The molecule has 1 aliphatic rings. The summed E-state index contributed by atoms with van der Waals surface area (Å²) >= 11 is 0. The average molecular weight is 316 g/mol. The van der Waals surface area contributed by atoms with Gasteiger partial charge in [-0.1, -0.05) is 18.2 Å². The number of hydrogen-bond acceptors (Lipinski definition) is 3. The highest BCUT2D eigenvalue weighted by Crippen LogP contribution is 2.30. The molecule has 1 unspecified atom stereocenters. The largest absolute Gasteiger partial charge is 0.481 e. The van der Waals surface area contributed by atoms with Crippen LogP contribution < -0.4 is 5.32 Å². The van der Waals surface area contributed by atoms with Crippen molar-refractivity contribution < 1.29 is 19.1 Å². The first kappa shape index (κ1) is 15.4. The second kappa shape index (κ2) is 5.61. The Morgan fingerprint density at radius 3 is 2.78 bits per heavy atom. The Balaban J connectivity index is 1.67. The van der Waals surface area contributed by atoms with Crippen LogP contribution in [0.3, 0.4) is 0 Å². The lowest BCUT2D eigenvalue weighted by atomic mass is 9.90. The van der Waals surface area contributed by atoms with Crippen molar-refractivity contribution in [3.63, 3.8) is 0 Å². The maximum absolute atomic E-state index is 12.3. The Kier molecular flexibility index (Phi) is 3.75. The minimum Gasteiger partial charge on any atom is -0.481 e. The molecule has 1 aliphatic heterocycles. The number of hydrogen-bond donors (Lipinski definition) is 2. The van der Waals surface area contributed by atoms with Gasteiger partial charge in [-0.05, 0) is 32.4 Å². The van der Waals surface area contributed by atoms with Crippen LogP contribution in [-0.2, 0) is 4.79 Å². The molecule has 2 atom stereocenters. The first-order valence-electron chi connectivity index (χ1n) is 7.66. The Bertz CT molecular complexity index is 721. The molecule has 6 nitrogen and oxygen atoms in total. The number of nitrogens with zero attached hydrogens (tertiary/aromatic N) is 1. The van der Waals surface area contributed by atoms with E-state index in [9.17, 15) is 14.7 Å². The molecule has 1 saturated heterocycles. The molecular weight excluding hydrogens is 296 g/mol. The predicted octanol–water partition coefficient (Wildman–Crippen LogP) is 3.00. The van der Waals surface area contributed by atoms with Gasteiger partial charge in [-0.15, -0.1) is 0 Å². The predicted molar refractivity (Wildman–Crippen MR) is 85.1 cm³/mol. The van der Waals surface area contributed by atoms with Crippen molar-refractivity contribution in [3.05, 3.63) is 36.1 Å². The highest BCUT2D eigenvalue weighted by molar-refractivity contribution is 5.80. The van der Waals surface area contributed by atoms with Crippen molar-refractivity contribution in [2.75, 3.05) is 13.1 Å². The van der Waals surface area contributed by atoms with Crippen LogP contribution >= 0.6 is 0 Å². The van der Waals surface area contributed by atoms with Gasteiger partial charge < -0.3 is 19.7 Å². The van der Waals surface area contributed by atoms with E-state index in [1.165, 1.54) is 0 Å². The smallest absolute Gasteiger partial charge is 0.318 e. The number of carbonyl (C=O) groups is 2. The molecule has 1 aromatic carbocycles. The molecule has 2 aromatic rings. The van der Waals surface area contributed by atoms with Crippen LogP contribution in [0.5, 0.6) is 0 Å². The Labute approximate surface area is 134 Å². The zero-order valence-electron chi connectivity index (χ0n) is 13.2. The number of amides is 2. The second-order valence-corrected chi connectivity index (χ2v) is 6.40. The van der Waals surface area contributed by atoms with Crippen LogP contribution in [0.1, 0.15) is 32.1 Å². The Morgan fingerprint density at radius 2 is 2.13 bits per heavy atom. The molecule has 2 heterocycles. The number of para-hydroxylation sites is 1. The fourth-order valence-electron chi connectivity index (χ4n) is 2.87. The summed E-state index contributed by atoms with van der Waals surface area (Å²) in [6.07, 6.45) is 0.467. The number of nitrogens with one attached hydrogen (secondary N) is 1. The van der Waals surface area contributed by atoms with Gasteiger partial charge in [0.05, 0.1) is 11.5 Å². The summed E-state index contributed by atoms with van der Waals surface area (Å²) in [4.78, 5) is 25.1. The number of carbonyl (C=O) groups excluding carboxylic acids is 1. The SMILES string of the molecule is C[C@H](NC(=O)N1CCC(C)(C(=O)O)C1)c1cc2ccccc2o1. The highest BCUT2D eigenvalue weighted by Gasteiger charge is 2.42. The number of aliphatic carboxylic acids is 1. The van der Waals surface area contributed by atoms with E-state index in [0.717, 1.165) is 11.0 Å². The number of urea groups is 1. The first-order valence-corrected chi connectivity index (χ1v) is 7.66. The molecule has 1 fully saturated rings. The Morgan fingerprint density at radius 1 is 1.39 bits per heavy atom. The zero-order chi connectivity index (χ0) is 16.6. The van der Waals surface area contributed by atoms with E-state index in [2.05, 4.69) is 5.32 Å². The van der Waals surface area contributed by atoms with E-state index in [1.54, 1.807) is 11.8 Å². The number of furan rings is 1. The average Bonchev–Trinajstić information content (AvgIpc) is 3.11. The Hall–Kier alpha value is -2.50. The fourth-order valence-corrected chi connectivity index (χ4v) is 2.87. The number of benzene rings is 1. The normalized spacial score (nSPS) is 22.3. The van der Waals surface area contributed by atoms with E-state index >= 15 is 0 Å². The summed E-state index contributed by atoms with van der Waals surface area (Å²) in [6, 6.07) is 9.03. The van der Waals surface area contributed by atoms with Gasteiger partial charge >= 0.3 is 12.0 Å². The van der Waals surface area contributed by atoms with Crippen LogP contribution in [0.2, 0.25) is 0 Å². The van der Waals surface area contributed by atoms with E-state index in [-0.39, 0.29) is 18.6 Å². The summed E-state index contributed by atoms with van der Waals surface area (Å²) in [5, 5.41) is 13.1. The van der Waals surface area contributed by atoms with Gasteiger partial charge in [0.15, 0.2) is 0 Å². The van der Waals surface area contributed by atoms with Crippen molar-refractivity contribution >= 4 is 23.0 Å². The maximum atomic E-state index is 12.3. The molecule has 2 amide bonds. The van der Waals surface area contributed by atoms with E-state index in [4.69, 9.17) is 4.42 Å². The standard InChI is InChI=1S/C17H20N2O4/c1-11(14-9-12-5-3-4-6-13(12)23-14)18-16(22)19-8-7-17(2,10-19)15(20)21/h3-6,9,11H,7-8,10H2,1-2H3,(H,18,22)(H,20,21)/t11-,17?/m0/s1. The lowest BCUT2D eigenvalue weighted by Gasteiger charge is -2.22. The lowest BCUT2D eigenvalue weighted by Crippen LogP contribution is -2.41. The third kappa shape index (κ3) is 2.88. The number of rotatable bonds is 3. The third-order valence-electron chi connectivity index (χ3n) is 4.49. The molecule has 0 bridgehead atoms. The first-order chi connectivity index (χ1) is 10.9. The monoisotopic (exact) mass is 316 g/mol. The molecule has 23 heavy (non-hydrogen) atoms. The summed E-state index contributed by atoms with van der Waals surface area (Å²) in [7, 11) is 0. The second-order valence-electron chi connectivity index (χ2n) is 6.40. The maximum Gasteiger partial charge on any atom is 0.318 e. The minimum atomic E-state index is -0.863. The van der Waals surface area contributed by atoms with Gasteiger partial charge in [-0.3, -0.25) is 4.79 Å². The van der Waals surface area contributed by atoms with Crippen LogP contribution in [0.4, 0.5) is 4.79 Å². The van der Waals surface area contributed by atoms with E-state index < -0.39 is 11.4 Å². The van der Waals surface area contributed by atoms with Crippen molar-refractivity contribution in [1.29, 1.82) is 0 Å². The van der Waals surface area contributed by atoms with Gasteiger partial charge in [0.2, 0.25) is 0 Å². The van der Waals surface area contributed by atoms with Crippen LogP contribution in [0, 0.1) is 5.41 Å². The molecular formula is C17H20N2O4. The van der Waals surface area contributed by atoms with E-state index in [1.807, 2.05) is 37.3 Å². The minimum absolute atomic E-state index is 0.223. The molecule has 0 aliphatic carbocycles. The lowest BCUT2D eigenvalue weighted by molar-refractivity contribution is -0.147. The molecule has 0 saturated carbocycles. The van der Waals surface area contributed by atoms with Crippen molar-refractivity contribution in [2.24, 2.45) is 5.41 Å². The van der Waals surface area contributed by atoms with Crippen LogP contribution in [-0.4, -0.2) is 35.1 Å². The third-order valence-corrected chi connectivity index (χ3v) is 4.49. The summed E-state index contributed by atoms with van der Waals surface area (Å²) < 4.78 is 5.75. The molecule has 0 spiro atoms. The summed E-state index contributed by atoms with van der Waals surface area (Å²) in [5.41, 5.74) is -0.0804.